The predicted molar refractivity (Wildman–Crippen MR) is 72.8 cm³/mol. The van der Waals surface area contributed by atoms with Gasteiger partial charge in [0.05, 0.1) is 0 Å². The molecule has 0 heterocycles. The quantitative estimate of drug-likeness (QED) is 0.716. The number of aryl methyl sites for hydroxylation is 1. The van der Waals surface area contributed by atoms with Crippen LogP contribution in [0, 0.1) is 5.92 Å². The highest BCUT2D eigenvalue weighted by Gasteiger charge is 2.04. The van der Waals surface area contributed by atoms with Crippen molar-refractivity contribution in [1.82, 2.24) is 0 Å². The van der Waals surface area contributed by atoms with Crippen molar-refractivity contribution in [2.75, 3.05) is 18.8 Å². The van der Waals surface area contributed by atoms with Gasteiger partial charge in [0.2, 0.25) is 0 Å². The highest BCUT2D eigenvalue weighted by atomic mass is 32.2. The van der Waals surface area contributed by atoms with Crippen LogP contribution in [-0.4, -0.2) is 18.8 Å². The molecular weight excluding hydrogens is 216 g/mol. The van der Waals surface area contributed by atoms with Crippen LogP contribution >= 0.6 is 11.8 Å². The predicted octanol–water partition coefficient (Wildman–Crippen LogP) is 2.26. The van der Waals surface area contributed by atoms with E-state index < -0.39 is 0 Å². The first kappa shape index (κ1) is 13.6. The lowest BCUT2D eigenvalue weighted by molar-refractivity contribution is 0.508. The molecule has 0 atom stereocenters. The molecule has 3 heteroatoms. The zero-order valence-electron chi connectivity index (χ0n) is 9.99. The first-order chi connectivity index (χ1) is 7.80. The second-order valence-corrected chi connectivity index (χ2v) is 5.29. The third-order valence-corrected chi connectivity index (χ3v) is 3.64. The van der Waals surface area contributed by atoms with E-state index in [1.807, 2.05) is 11.8 Å². The van der Waals surface area contributed by atoms with Crippen LogP contribution < -0.4 is 11.5 Å². The Morgan fingerprint density at radius 3 is 2.25 bits per heavy atom. The molecule has 0 saturated carbocycles. The normalized spacial score (nSPS) is 11.0. The van der Waals surface area contributed by atoms with Crippen LogP contribution in [0.15, 0.2) is 29.2 Å². The minimum Gasteiger partial charge on any atom is -0.330 e. The van der Waals surface area contributed by atoms with Gasteiger partial charge in [-0.2, -0.15) is 0 Å². The summed E-state index contributed by atoms with van der Waals surface area (Å²) >= 11 is 1.88. The van der Waals surface area contributed by atoms with Crippen LogP contribution in [-0.2, 0) is 6.42 Å². The fraction of sp³-hybridized carbons (Fsp3) is 0.538. The number of benzene rings is 1. The van der Waals surface area contributed by atoms with E-state index in [9.17, 15) is 0 Å². The Bertz CT molecular complexity index is 280. The van der Waals surface area contributed by atoms with Gasteiger partial charge in [0.15, 0.2) is 0 Å². The zero-order valence-corrected chi connectivity index (χ0v) is 10.8. The minimum absolute atomic E-state index is 0.463. The van der Waals surface area contributed by atoms with Crippen molar-refractivity contribution in [3.05, 3.63) is 29.8 Å². The molecule has 1 rings (SSSR count). The summed E-state index contributed by atoms with van der Waals surface area (Å²) in [7, 11) is 0. The Morgan fingerprint density at radius 2 is 1.75 bits per heavy atom. The molecule has 0 amide bonds. The average molecular weight is 238 g/mol. The maximum atomic E-state index is 5.63. The van der Waals surface area contributed by atoms with E-state index in [4.69, 9.17) is 11.5 Å². The van der Waals surface area contributed by atoms with E-state index in [1.165, 1.54) is 10.5 Å². The molecule has 0 saturated heterocycles. The molecule has 0 spiro atoms. The summed E-state index contributed by atoms with van der Waals surface area (Å²) in [6.07, 6.45) is 2.17. The molecular formula is C13H22N2S. The van der Waals surface area contributed by atoms with Crippen molar-refractivity contribution < 1.29 is 0 Å². The minimum atomic E-state index is 0.463. The summed E-state index contributed by atoms with van der Waals surface area (Å²) in [5.41, 5.74) is 12.6. The van der Waals surface area contributed by atoms with E-state index in [0.717, 1.165) is 18.6 Å². The number of thioether (sulfide) groups is 1. The van der Waals surface area contributed by atoms with Crippen molar-refractivity contribution in [3.63, 3.8) is 0 Å². The van der Waals surface area contributed by atoms with Gasteiger partial charge in [-0.1, -0.05) is 19.1 Å². The standard InChI is InChI=1S/C13H22N2S/c1-2-16-13-7-5-11(6-8-13)3-4-12(9-14)10-15/h5-8,12H,2-4,9-10,14-15H2,1H3. The van der Waals surface area contributed by atoms with Crippen LogP contribution in [0.1, 0.15) is 18.9 Å². The first-order valence-electron chi connectivity index (χ1n) is 5.92. The Hall–Kier alpha value is -0.510. The molecule has 0 fully saturated rings. The first-order valence-corrected chi connectivity index (χ1v) is 6.90. The highest BCUT2D eigenvalue weighted by Crippen LogP contribution is 2.18. The topological polar surface area (TPSA) is 52.0 Å². The maximum Gasteiger partial charge on any atom is 0.00720 e. The summed E-state index contributed by atoms with van der Waals surface area (Å²) in [6.45, 7) is 3.56. The average Bonchev–Trinajstić information content (AvgIpc) is 2.33. The molecule has 0 aliphatic carbocycles. The molecule has 90 valence electrons. The summed E-state index contributed by atoms with van der Waals surface area (Å²) < 4.78 is 0. The lowest BCUT2D eigenvalue weighted by Crippen LogP contribution is -2.23. The molecule has 4 N–H and O–H groups in total. The van der Waals surface area contributed by atoms with Crippen molar-refractivity contribution in [1.29, 1.82) is 0 Å². The molecule has 1 aromatic carbocycles. The lowest BCUT2D eigenvalue weighted by Gasteiger charge is -2.11. The van der Waals surface area contributed by atoms with Crippen LogP contribution in [0.25, 0.3) is 0 Å². The van der Waals surface area contributed by atoms with Gasteiger partial charge < -0.3 is 11.5 Å². The fourth-order valence-electron chi connectivity index (χ4n) is 1.62. The van der Waals surface area contributed by atoms with Gasteiger partial charge in [-0.25, -0.2) is 0 Å². The Morgan fingerprint density at radius 1 is 1.12 bits per heavy atom. The largest absolute Gasteiger partial charge is 0.330 e. The van der Waals surface area contributed by atoms with E-state index in [1.54, 1.807) is 0 Å². The maximum absolute atomic E-state index is 5.63. The number of rotatable bonds is 7. The van der Waals surface area contributed by atoms with Crippen molar-refractivity contribution in [3.8, 4) is 0 Å². The molecule has 0 unspecified atom stereocenters. The second kappa shape index (κ2) is 7.71. The smallest absolute Gasteiger partial charge is 0.00720 e. The Kier molecular flexibility index (Phi) is 6.53. The van der Waals surface area contributed by atoms with Gasteiger partial charge in [-0.05, 0) is 55.3 Å². The Labute approximate surface area is 103 Å². The van der Waals surface area contributed by atoms with Gasteiger partial charge in [0.1, 0.15) is 0 Å². The third kappa shape index (κ3) is 4.56. The molecule has 2 nitrogen and oxygen atoms in total. The monoisotopic (exact) mass is 238 g/mol. The summed E-state index contributed by atoms with van der Waals surface area (Å²) in [5, 5.41) is 0. The highest BCUT2D eigenvalue weighted by molar-refractivity contribution is 7.99. The molecule has 1 aromatic rings. The van der Waals surface area contributed by atoms with E-state index in [0.29, 0.717) is 19.0 Å². The van der Waals surface area contributed by atoms with Crippen molar-refractivity contribution in [2.24, 2.45) is 17.4 Å². The number of hydrogen-bond donors (Lipinski definition) is 2. The van der Waals surface area contributed by atoms with Gasteiger partial charge in [-0.15, -0.1) is 11.8 Å². The second-order valence-electron chi connectivity index (χ2n) is 3.95. The number of nitrogens with two attached hydrogens (primary N) is 2. The van der Waals surface area contributed by atoms with Gasteiger partial charge in [0, 0.05) is 4.90 Å². The van der Waals surface area contributed by atoms with Gasteiger partial charge in [0.25, 0.3) is 0 Å². The molecule has 0 radical (unpaired) electrons. The molecule has 0 aliphatic rings. The lowest BCUT2D eigenvalue weighted by atomic mass is 10.00. The molecule has 16 heavy (non-hydrogen) atoms. The molecule has 0 bridgehead atoms. The molecule has 0 aliphatic heterocycles. The zero-order chi connectivity index (χ0) is 11.8. The van der Waals surface area contributed by atoms with Crippen LogP contribution in [0.2, 0.25) is 0 Å². The van der Waals surface area contributed by atoms with E-state index in [-0.39, 0.29) is 0 Å². The summed E-state index contributed by atoms with van der Waals surface area (Å²) in [4.78, 5) is 1.35. The Balaban J connectivity index is 2.42. The van der Waals surface area contributed by atoms with E-state index in [2.05, 4.69) is 31.2 Å². The van der Waals surface area contributed by atoms with Gasteiger partial charge >= 0.3 is 0 Å². The fourth-order valence-corrected chi connectivity index (χ4v) is 2.28. The van der Waals surface area contributed by atoms with Crippen LogP contribution in [0.3, 0.4) is 0 Å². The van der Waals surface area contributed by atoms with Crippen molar-refractivity contribution >= 4 is 11.8 Å². The van der Waals surface area contributed by atoms with Crippen LogP contribution in [0.4, 0.5) is 0 Å². The third-order valence-electron chi connectivity index (χ3n) is 2.74. The van der Waals surface area contributed by atoms with Crippen molar-refractivity contribution in [2.45, 2.75) is 24.7 Å². The SMILES string of the molecule is CCSc1ccc(CCC(CN)CN)cc1. The summed E-state index contributed by atoms with van der Waals surface area (Å²) in [5.74, 6) is 1.59. The van der Waals surface area contributed by atoms with Crippen LogP contribution in [0.5, 0.6) is 0 Å². The summed E-state index contributed by atoms with van der Waals surface area (Å²) in [6, 6.07) is 8.82. The molecule has 0 aromatic heterocycles. The van der Waals surface area contributed by atoms with Gasteiger partial charge in [-0.3, -0.25) is 0 Å². The van der Waals surface area contributed by atoms with E-state index >= 15 is 0 Å². The number of hydrogen-bond acceptors (Lipinski definition) is 3.